The molecule has 7 nitrogen and oxygen atoms in total. The molecule has 0 fully saturated rings. The van der Waals surface area contributed by atoms with E-state index in [1.54, 1.807) is 0 Å². The number of hydrogen-bond acceptors (Lipinski definition) is 7. The van der Waals surface area contributed by atoms with E-state index in [1.807, 2.05) is 60.7 Å². The van der Waals surface area contributed by atoms with Gasteiger partial charge in [0.25, 0.3) is 0 Å². The van der Waals surface area contributed by atoms with Gasteiger partial charge in [0.2, 0.25) is 0 Å². The third-order valence-corrected chi connectivity index (χ3v) is 4.15. The second-order valence-electron chi connectivity index (χ2n) is 6.54. The quantitative estimate of drug-likeness (QED) is 0.407. The fourth-order valence-electron chi connectivity index (χ4n) is 2.62. The molecule has 0 saturated carbocycles. The minimum absolute atomic E-state index is 0.0861. The molecule has 0 aliphatic rings. The summed E-state index contributed by atoms with van der Waals surface area (Å²) < 4.78 is 15.5. The van der Waals surface area contributed by atoms with E-state index in [2.05, 4.69) is 0 Å². The van der Waals surface area contributed by atoms with Crippen molar-refractivity contribution in [3.8, 4) is 0 Å². The summed E-state index contributed by atoms with van der Waals surface area (Å²) in [5.41, 5.74) is 13.6. The van der Waals surface area contributed by atoms with Crippen LogP contribution < -0.4 is 11.5 Å². The van der Waals surface area contributed by atoms with Crippen LogP contribution in [-0.4, -0.2) is 50.4 Å². The van der Waals surface area contributed by atoms with E-state index in [-0.39, 0.29) is 26.4 Å². The van der Waals surface area contributed by atoms with Crippen LogP contribution in [0.2, 0.25) is 0 Å². The lowest BCUT2D eigenvalue weighted by Crippen LogP contribution is -2.35. The van der Waals surface area contributed by atoms with Gasteiger partial charge in [0.05, 0.1) is 13.2 Å². The van der Waals surface area contributed by atoms with Crippen molar-refractivity contribution in [3.05, 3.63) is 71.8 Å². The van der Waals surface area contributed by atoms with Gasteiger partial charge in [-0.3, -0.25) is 9.59 Å². The Bertz CT molecular complexity index is 676. The van der Waals surface area contributed by atoms with Crippen LogP contribution in [0, 0.1) is 0 Å². The van der Waals surface area contributed by atoms with Crippen LogP contribution in [-0.2, 0) is 36.6 Å². The first-order valence-corrected chi connectivity index (χ1v) is 9.56. The van der Waals surface area contributed by atoms with Gasteiger partial charge in [-0.2, -0.15) is 0 Å². The van der Waals surface area contributed by atoms with Crippen molar-refractivity contribution < 1.29 is 23.8 Å². The minimum Gasteiger partial charge on any atom is -0.462 e. The second-order valence-corrected chi connectivity index (χ2v) is 6.54. The highest BCUT2D eigenvalue weighted by Gasteiger charge is 2.16. The van der Waals surface area contributed by atoms with Gasteiger partial charge in [-0.15, -0.1) is 0 Å². The summed E-state index contributed by atoms with van der Waals surface area (Å²) >= 11 is 0. The first-order chi connectivity index (χ1) is 14.1. The fraction of sp³-hybridized carbons (Fsp3) is 0.364. The van der Waals surface area contributed by atoms with Gasteiger partial charge in [-0.1, -0.05) is 60.7 Å². The van der Waals surface area contributed by atoms with Gasteiger partial charge in [0, 0.05) is 0 Å². The maximum atomic E-state index is 11.9. The molecule has 7 heteroatoms. The molecule has 2 aromatic rings. The number of carbonyl (C=O) groups is 2. The van der Waals surface area contributed by atoms with E-state index in [0.29, 0.717) is 12.8 Å². The molecule has 156 valence electrons. The van der Waals surface area contributed by atoms with Crippen LogP contribution in [0.25, 0.3) is 0 Å². The summed E-state index contributed by atoms with van der Waals surface area (Å²) in [4.78, 5) is 23.7. The molecular weight excluding hydrogens is 372 g/mol. The molecule has 0 heterocycles. The molecule has 0 spiro atoms. The lowest BCUT2D eigenvalue weighted by Gasteiger charge is -2.13. The van der Waals surface area contributed by atoms with Crippen molar-refractivity contribution in [2.24, 2.45) is 11.5 Å². The van der Waals surface area contributed by atoms with E-state index in [1.165, 1.54) is 0 Å². The van der Waals surface area contributed by atoms with Gasteiger partial charge >= 0.3 is 11.9 Å². The molecule has 2 rings (SSSR count). The van der Waals surface area contributed by atoms with Gasteiger partial charge in [0.1, 0.15) is 25.3 Å². The van der Waals surface area contributed by atoms with E-state index in [4.69, 9.17) is 25.7 Å². The molecule has 0 aliphatic carbocycles. The zero-order valence-corrected chi connectivity index (χ0v) is 16.4. The van der Waals surface area contributed by atoms with Crippen molar-refractivity contribution >= 4 is 11.9 Å². The van der Waals surface area contributed by atoms with E-state index in [9.17, 15) is 9.59 Å². The number of rotatable bonds is 12. The Balaban J connectivity index is 1.51. The van der Waals surface area contributed by atoms with Gasteiger partial charge in [0.15, 0.2) is 0 Å². The van der Waals surface area contributed by atoms with Gasteiger partial charge in [-0.05, 0) is 24.0 Å². The molecule has 0 aliphatic heterocycles. The summed E-state index contributed by atoms with van der Waals surface area (Å²) in [5.74, 6) is -0.952. The molecule has 0 radical (unpaired) electrons. The van der Waals surface area contributed by atoms with Crippen molar-refractivity contribution in [3.63, 3.8) is 0 Å². The van der Waals surface area contributed by atoms with Crippen molar-refractivity contribution in [1.82, 2.24) is 0 Å². The zero-order valence-electron chi connectivity index (χ0n) is 16.4. The third-order valence-electron chi connectivity index (χ3n) is 4.15. The number of ether oxygens (including phenoxy) is 3. The van der Waals surface area contributed by atoms with E-state index in [0.717, 1.165) is 11.1 Å². The number of nitrogens with two attached hydrogens (primary N) is 2. The standard InChI is InChI=1S/C22H28N2O5/c23-19(15-17-7-3-1-4-8-17)21(25)28-13-11-27-12-14-29-22(26)20(24)16-18-9-5-2-6-10-18/h1-10,19-20H,11-16,23-24H2. The first kappa shape index (κ1) is 22.5. The maximum Gasteiger partial charge on any atom is 0.323 e. The molecule has 2 unspecified atom stereocenters. The summed E-state index contributed by atoms with van der Waals surface area (Å²) in [6.45, 7) is 0.556. The van der Waals surface area contributed by atoms with Crippen LogP contribution in [0.1, 0.15) is 11.1 Å². The summed E-state index contributed by atoms with van der Waals surface area (Å²) in [5, 5.41) is 0. The van der Waals surface area contributed by atoms with Crippen molar-refractivity contribution in [2.75, 3.05) is 26.4 Å². The van der Waals surface area contributed by atoms with Crippen LogP contribution in [0.3, 0.4) is 0 Å². The molecule has 2 aromatic carbocycles. The Hall–Kier alpha value is -2.74. The molecule has 0 aromatic heterocycles. The summed E-state index contributed by atoms with van der Waals surface area (Å²) in [6, 6.07) is 17.6. The van der Waals surface area contributed by atoms with Crippen LogP contribution >= 0.6 is 0 Å². The SMILES string of the molecule is NC(Cc1ccccc1)C(=O)OCCOCCOC(=O)C(N)Cc1ccccc1. The Morgan fingerprint density at radius 1 is 0.655 bits per heavy atom. The largest absolute Gasteiger partial charge is 0.462 e. The van der Waals surface area contributed by atoms with Crippen LogP contribution in [0.15, 0.2) is 60.7 Å². The number of carbonyl (C=O) groups excluding carboxylic acids is 2. The van der Waals surface area contributed by atoms with Crippen molar-refractivity contribution in [2.45, 2.75) is 24.9 Å². The highest BCUT2D eigenvalue weighted by atomic mass is 16.6. The molecule has 4 N–H and O–H groups in total. The van der Waals surface area contributed by atoms with Crippen LogP contribution in [0.5, 0.6) is 0 Å². The zero-order chi connectivity index (χ0) is 20.9. The Kier molecular flexibility index (Phi) is 9.85. The number of benzene rings is 2. The molecule has 0 amide bonds. The third kappa shape index (κ3) is 8.87. The lowest BCUT2D eigenvalue weighted by molar-refractivity contribution is -0.148. The molecular formula is C22H28N2O5. The average Bonchev–Trinajstić information content (AvgIpc) is 2.74. The Morgan fingerprint density at radius 3 is 1.41 bits per heavy atom. The predicted octanol–water partition coefficient (Wildman–Crippen LogP) is 1.23. The lowest BCUT2D eigenvalue weighted by atomic mass is 10.1. The highest BCUT2D eigenvalue weighted by molar-refractivity contribution is 5.76. The predicted molar refractivity (Wildman–Crippen MR) is 109 cm³/mol. The normalized spacial score (nSPS) is 12.8. The molecule has 0 saturated heterocycles. The summed E-state index contributed by atoms with van der Waals surface area (Å²) in [7, 11) is 0. The molecule has 29 heavy (non-hydrogen) atoms. The smallest absolute Gasteiger partial charge is 0.323 e. The van der Waals surface area contributed by atoms with E-state index >= 15 is 0 Å². The monoisotopic (exact) mass is 400 g/mol. The molecule has 0 bridgehead atoms. The Morgan fingerprint density at radius 2 is 1.03 bits per heavy atom. The Labute approximate surface area is 170 Å². The van der Waals surface area contributed by atoms with Gasteiger partial charge in [-0.25, -0.2) is 0 Å². The van der Waals surface area contributed by atoms with Gasteiger partial charge < -0.3 is 25.7 Å². The number of hydrogen-bond donors (Lipinski definition) is 2. The average molecular weight is 400 g/mol. The fourth-order valence-corrected chi connectivity index (χ4v) is 2.62. The second kappa shape index (κ2) is 12.7. The van der Waals surface area contributed by atoms with Crippen LogP contribution in [0.4, 0.5) is 0 Å². The first-order valence-electron chi connectivity index (χ1n) is 9.56. The van der Waals surface area contributed by atoms with Crippen molar-refractivity contribution in [1.29, 1.82) is 0 Å². The number of esters is 2. The topological polar surface area (TPSA) is 114 Å². The highest BCUT2D eigenvalue weighted by Crippen LogP contribution is 2.04. The maximum absolute atomic E-state index is 11.9. The molecule has 2 atom stereocenters. The summed E-state index contributed by atoms with van der Waals surface area (Å²) in [6.07, 6.45) is 0.833. The van der Waals surface area contributed by atoms with E-state index < -0.39 is 24.0 Å². The minimum atomic E-state index is -0.718.